The molecule has 2 aliphatic rings. The molecule has 0 bridgehead atoms. The molecule has 0 heterocycles. The Balaban J connectivity index is 1.84. The van der Waals surface area contributed by atoms with E-state index >= 15 is 0 Å². The van der Waals surface area contributed by atoms with Crippen LogP contribution in [0.1, 0.15) is 68.7 Å². The quantitative estimate of drug-likeness (QED) is 0.609. The van der Waals surface area contributed by atoms with Gasteiger partial charge in [-0.05, 0) is 86.5 Å². The summed E-state index contributed by atoms with van der Waals surface area (Å²) in [4.78, 5) is 0. The number of benzene rings is 1. The van der Waals surface area contributed by atoms with Gasteiger partial charge in [0.05, 0.1) is 0 Å². The predicted octanol–water partition coefficient (Wildman–Crippen LogP) is 4.92. The Kier molecular flexibility index (Phi) is 4.61. The first-order valence-electron chi connectivity index (χ1n) is 9.25. The van der Waals surface area contributed by atoms with Gasteiger partial charge in [0.15, 0.2) is 0 Å². The Morgan fingerprint density at radius 1 is 1.38 bits per heavy atom. The number of hydrogen-bond donors (Lipinski definition) is 2. The van der Waals surface area contributed by atoms with Crippen LogP contribution in [0.5, 0.6) is 5.75 Å². The number of nitrogens with two attached hydrogens (primary N) is 1. The monoisotopic (exact) mass is 325 g/mol. The van der Waals surface area contributed by atoms with E-state index in [1.165, 1.54) is 23.1 Å². The second-order valence-electron chi connectivity index (χ2n) is 8.32. The van der Waals surface area contributed by atoms with Gasteiger partial charge in [-0.1, -0.05) is 31.2 Å². The van der Waals surface area contributed by atoms with Crippen molar-refractivity contribution in [3.8, 4) is 5.75 Å². The summed E-state index contributed by atoms with van der Waals surface area (Å²) < 4.78 is 0. The smallest absolute Gasteiger partial charge is 0.126 e. The molecular formula is C22H31NO. The van der Waals surface area contributed by atoms with Crippen molar-refractivity contribution in [1.82, 2.24) is 0 Å². The van der Waals surface area contributed by atoms with E-state index < -0.39 is 0 Å². The summed E-state index contributed by atoms with van der Waals surface area (Å²) in [5.41, 5.74) is 13.8. The Hall–Kier alpha value is -1.54. The summed E-state index contributed by atoms with van der Waals surface area (Å²) in [6, 6.07) is 2.43. The lowest BCUT2D eigenvalue weighted by atomic mass is 9.66. The number of phenolic OH excluding ortho intramolecular Hbond substituents is 1. The van der Waals surface area contributed by atoms with Gasteiger partial charge >= 0.3 is 0 Å². The van der Waals surface area contributed by atoms with Crippen molar-refractivity contribution in [2.24, 2.45) is 11.1 Å². The van der Waals surface area contributed by atoms with Crippen molar-refractivity contribution >= 4 is 5.57 Å². The summed E-state index contributed by atoms with van der Waals surface area (Å²) in [5, 5.41) is 10.8. The van der Waals surface area contributed by atoms with Crippen LogP contribution >= 0.6 is 0 Å². The molecule has 3 N–H and O–H groups in total. The molecule has 0 radical (unpaired) electrons. The van der Waals surface area contributed by atoms with E-state index in [1.807, 2.05) is 0 Å². The van der Waals surface area contributed by atoms with Crippen LogP contribution in [0, 0.1) is 5.41 Å². The van der Waals surface area contributed by atoms with E-state index in [1.54, 1.807) is 0 Å². The van der Waals surface area contributed by atoms with Crippen molar-refractivity contribution in [1.29, 1.82) is 0 Å². The first-order valence-corrected chi connectivity index (χ1v) is 9.25. The fourth-order valence-corrected chi connectivity index (χ4v) is 4.42. The number of allylic oxidation sites excluding steroid dienone is 3. The maximum Gasteiger partial charge on any atom is 0.126 e. The zero-order chi connectivity index (χ0) is 17.5. The van der Waals surface area contributed by atoms with E-state index in [2.05, 4.69) is 39.5 Å². The number of unbranched alkanes of at least 4 members (excludes halogenated alkanes) is 1. The summed E-state index contributed by atoms with van der Waals surface area (Å²) >= 11 is 0. The molecule has 1 aromatic rings. The van der Waals surface area contributed by atoms with Gasteiger partial charge < -0.3 is 10.8 Å². The molecule has 0 saturated heterocycles. The maximum atomic E-state index is 10.8. The van der Waals surface area contributed by atoms with Gasteiger partial charge in [0.1, 0.15) is 5.75 Å². The molecule has 2 nitrogen and oxygen atoms in total. The van der Waals surface area contributed by atoms with Crippen molar-refractivity contribution in [2.45, 2.75) is 71.8 Å². The third-order valence-corrected chi connectivity index (χ3v) is 6.05. The Morgan fingerprint density at radius 2 is 2.12 bits per heavy atom. The second-order valence-corrected chi connectivity index (χ2v) is 8.32. The number of aryl methyl sites for hydroxylation is 1. The van der Waals surface area contributed by atoms with Crippen LogP contribution in [0.3, 0.4) is 0 Å². The molecule has 24 heavy (non-hydrogen) atoms. The van der Waals surface area contributed by atoms with Crippen molar-refractivity contribution in [2.75, 3.05) is 0 Å². The first-order chi connectivity index (χ1) is 11.3. The Labute approximate surface area is 146 Å². The minimum atomic E-state index is 0.107. The molecule has 3 rings (SSSR count). The highest BCUT2D eigenvalue weighted by Crippen LogP contribution is 2.47. The van der Waals surface area contributed by atoms with Crippen LogP contribution in [-0.4, -0.2) is 11.1 Å². The van der Waals surface area contributed by atoms with Crippen LogP contribution in [0.2, 0.25) is 0 Å². The fraction of sp³-hybridized carbons (Fsp3) is 0.545. The van der Waals surface area contributed by atoms with Crippen LogP contribution < -0.4 is 5.73 Å². The normalized spacial score (nSPS) is 25.3. The van der Waals surface area contributed by atoms with Gasteiger partial charge in [-0.2, -0.15) is 0 Å². The van der Waals surface area contributed by atoms with Gasteiger partial charge in [-0.3, -0.25) is 0 Å². The molecule has 2 unspecified atom stereocenters. The molecule has 0 aliphatic heterocycles. The largest absolute Gasteiger partial charge is 0.507 e. The number of hydrogen-bond acceptors (Lipinski definition) is 2. The molecule has 2 heteroatoms. The summed E-state index contributed by atoms with van der Waals surface area (Å²) in [6.07, 6.45) is 9.51. The van der Waals surface area contributed by atoms with E-state index in [0.29, 0.717) is 5.75 Å². The van der Waals surface area contributed by atoms with Crippen molar-refractivity contribution in [3.05, 3.63) is 46.5 Å². The highest BCUT2D eigenvalue weighted by atomic mass is 16.3. The molecular weight excluding hydrogens is 294 g/mol. The van der Waals surface area contributed by atoms with E-state index in [9.17, 15) is 5.11 Å². The average molecular weight is 325 g/mol. The highest BCUT2D eigenvalue weighted by Gasteiger charge is 2.38. The van der Waals surface area contributed by atoms with E-state index in [-0.39, 0.29) is 11.5 Å². The minimum absolute atomic E-state index is 0.107. The Bertz CT molecular complexity index is 696. The number of fused-ring (bicyclic) bond motifs is 2. The Morgan fingerprint density at radius 3 is 2.83 bits per heavy atom. The minimum Gasteiger partial charge on any atom is -0.507 e. The molecule has 1 aromatic carbocycles. The van der Waals surface area contributed by atoms with Gasteiger partial charge in [-0.15, -0.1) is 0 Å². The van der Waals surface area contributed by atoms with Gasteiger partial charge in [0.25, 0.3) is 0 Å². The van der Waals surface area contributed by atoms with E-state index in [0.717, 1.165) is 55.2 Å². The van der Waals surface area contributed by atoms with Gasteiger partial charge in [-0.25, -0.2) is 0 Å². The summed E-state index contributed by atoms with van der Waals surface area (Å²) in [6.45, 7) is 10.8. The topological polar surface area (TPSA) is 46.2 Å². The molecule has 2 aliphatic carbocycles. The molecule has 130 valence electrons. The molecule has 0 amide bonds. The SMILES string of the molecule is C=C1CCc2cc3c(c(O)c21)CC(N)C(C)(CCCC=C(C)C)C3. The first kappa shape index (κ1) is 17.3. The fourth-order valence-electron chi connectivity index (χ4n) is 4.42. The highest BCUT2D eigenvalue weighted by molar-refractivity contribution is 5.77. The third-order valence-electron chi connectivity index (χ3n) is 6.05. The van der Waals surface area contributed by atoms with Crippen LogP contribution in [0.15, 0.2) is 24.3 Å². The second kappa shape index (κ2) is 6.40. The van der Waals surface area contributed by atoms with Crippen LogP contribution in [-0.2, 0) is 19.3 Å². The maximum absolute atomic E-state index is 10.8. The predicted molar refractivity (Wildman–Crippen MR) is 102 cm³/mol. The van der Waals surface area contributed by atoms with Gasteiger partial charge in [0.2, 0.25) is 0 Å². The summed E-state index contributed by atoms with van der Waals surface area (Å²) in [7, 11) is 0. The summed E-state index contributed by atoms with van der Waals surface area (Å²) in [5.74, 6) is 0.465. The lowest BCUT2D eigenvalue weighted by molar-refractivity contribution is 0.208. The van der Waals surface area contributed by atoms with Gasteiger partial charge in [0, 0.05) is 11.6 Å². The standard InChI is InChI=1S/C22H31NO/c1-14(2)7-5-6-10-22(4)13-17-11-16-9-8-15(3)20(16)21(24)18(17)12-19(22)23/h7,11,19,24H,3,5-6,8-10,12-13,23H2,1-2,4H3. The lowest BCUT2D eigenvalue weighted by Crippen LogP contribution is -2.46. The van der Waals surface area contributed by atoms with Crippen LogP contribution in [0.25, 0.3) is 5.57 Å². The average Bonchev–Trinajstić information content (AvgIpc) is 2.87. The lowest BCUT2D eigenvalue weighted by Gasteiger charge is -2.41. The van der Waals surface area contributed by atoms with Crippen molar-refractivity contribution in [3.63, 3.8) is 0 Å². The molecule has 0 fully saturated rings. The molecule has 0 aromatic heterocycles. The molecule has 0 spiro atoms. The van der Waals surface area contributed by atoms with Crippen molar-refractivity contribution < 1.29 is 5.11 Å². The molecule has 2 atom stereocenters. The van der Waals surface area contributed by atoms with E-state index in [4.69, 9.17) is 5.73 Å². The number of aromatic hydroxyl groups is 1. The van der Waals surface area contributed by atoms with Crippen LogP contribution in [0.4, 0.5) is 0 Å². The third kappa shape index (κ3) is 3.04. The number of phenols is 1. The zero-order valence-corrected chi connectivity index (χ0v) is 15.4. The number of rotatable bonds is 4. The zero-order valence-electron chi connectivity index (χ0n) is 15.4. The molecule has 0 saturated carbocycles.